The highest BCUT2D eigenvalue weighted by molar-refractivity contribution is 4.97. The van der Waals surface area contributed by atoms with Crippen LogP contribution in [0.25, 0.3) is 0 Å². The Labute approximate surface area is 92.5 Å². The number of unbranched alkanes of at least 4 members (excludes halogenated alkanes) is 1. The van der Waals surface area contributed by atoms with Gasteiger partial charge in [0.1, 0.15) is 5.76 Å². The highest BCUT2D eigenvalue weighted by atomic mass is 16.3. The van der Waals surface area contributed by atoms with Gasteiger partial charge in [-0.1, -0.05) is 13.3 Å². The van der Waals surface area contributed by atoms with E-state index in [4.69, 9.17) is 4.42 Å². The molecule has 0 aliphatic rings. The fourth-order valence-electron chi connectivity index (χ4n) is 1.43. The molecule has 0 unspecified atom stereocenters. The highest BCUT2D eigenvalue weighted by Crippen LogP contribution is 1.98. The Kier molecular flexibility index (Phi) is 6.12. The van der Waals surface area contributed by atoms with E-state index >= 15 is 0 Å². The van der Waals surface area contributed by atoms with Crippen molar-refractivity contribution in [1.82, 2.24) is 10.2 Å². The average molecular weight is 210 g/mol. The smallest absolute Gasteiger partial charge is 0.117 e. The van der Waals surface area contributed by atoms with Crippen molar-refractivity contribution in [2.45, 2.75) is 26.3 Å². The molecule has 1 aromatic rings. The largest absolute Gasteiger partial charge is 0.468 e. The van der Waals surface area contributed by atoms with Crippen LogP contribution in [0.4, 0.5) is 0 Å². The van der Waals surface area contributed by atoms with E-state index in [1.165, 1.54) is 19.4 Å². The molecule has 3 nitrogen and oxygen atoms in total. The van der Waals surface area contributed by atoms with Gasteiger partial charge in [0, 0.05) is 13.1 Å². The molecule has 1 aromatic heterocycles. The van der Waals surface area contributed by atoms with Crippen LogP contribution in [-0.2, 0) is 6.54 Å². The molecule has 1 heterocycles. The molecule has 15 heavy (non-hydrogen) atoms. The first kappa shape index (κ1) is 12.3. The summed E-state index contributed by atoms with van der Waals surface area (Å²) in [6.07, 6.45) is 4.27. The topological polar surface area (TPSA) is 28.4 Å². The normalized spacial score (nSPS) is 11.1. The molecule has 1 N–H and O–H groups in total. The summed E-state index contributed by atoms with van der Waals surface area (Å²) >= 11 is 0. The van der Waals surface area contributed by atoms with Crippen LogP contribution in [0, 0.1) is 0 Å². The Morgan fingerprint density at radius 3 is 2.93 bits per heavy atom. The van der Waals surface area contributed by atoms with Crippen LogP contribution in [0.5, 0.6) is 0 Å². The lowest BCUT2D eigenvalue weighted by Gasteiger charge is -2.15. The number of likely N-dealkylation sites (N-methyl/N-ethyl adjacent to an activating group) is 1. The molecule has 1 rings (SSSR count). The number of nitrogens with zero attached hydrogens (tertiary/aromatic N) is 1. The van der Waals surface area contributed by atoms with Gasteiger partial charge in [0.15, 0.2) is 0 Å². The van der Waals surface area contributed by atoms with E-state index in [2.05, 4.69) is 24.2 Å². The monoisotopic (exact) mass is 210 g/mol. The van der Waals surface area contributed by atoms with E-state index in [1.807, 2.05) is 12.1 Å². The summed E-state index contributed by atoms with van der Waals surface area (Å²) in [5, 5.41) is 3.36. The predicted molar refractivity (Wildman–Crippen MR) is 62.8 cm³/mol. The molecule has 3 heteroatoms. The van der Waals surface area contributed by atoms with Gasteiger partial charge in [0.25, 0.3) is 0 Å². The SMILES string of the molecule is CCCCN(C)CCNCc1ccco1. The first-order chi connectivity index (χ1) is 7.33. The Hall–Kier alpha value is -0.800. The quantitative estimate of drug-likeness (QED) is 0.666. The third-order valence-electron chi connectivity index (χ3n) is 2.44. The van der Waals surface area contributed by atoms with E-state index in [0.717, 1.165) is 25.4 Å². The Bertz CT molecular complexity index is 234. The van der Waals surface area contributed by atoms with E-state index < -0.39 is 0 Å². The maximum Gasteiger partial charge on any atom is 0.117 e. The van der Waals surface area contributed by atoms with E-state index in [9.17, 15) is 0 Å². The van der Waals surface area contributed by atoms with Crippen molar-refractivity contribution in [3.63, 3.8) is 0 Å². The molecule has 0 aliphatic carbocycles. The molecular weight excluding hydrogens is 188 g/mol. The molecule has 0 bridgehead atoms. The van der Waals surface area contributed by atoms with Gasteiger partial charge in [-0.15, -0.1) is 0 Å². The first-order valence-electron chi connectivity index (χ1n) is 5.74. The Balaban J connectivity index is 1.97. The lowest BCUT2D eigenvalue weighted by molar-refractivity contribution is 0.323. The lowest BCUT2D eigenvalue weighted by atomic mass is 10.3. The van der Waals surface area contributed by atoms with Crippen molar-refractivity contribution >= 4 is 0 Å². The van der Waals surface area contributed by atoms with Crippen LogP contribution in [0.15, 0.2) is 22.8 Å². The average Bonchev–Trinajstić information content (AvgIpc) is 2.74. The summed E-state index contributed by atoms with van der Waals surface area (Å²) in [6.45, 7) is 6.36. The van der Waals surface area contributed by atoms with Gasteiger partial charge in [-0.25, -0.2) is 0 Å². The number of furan rings is 1. The summed E-state index contributed by atoms with van der Waals surface area (Å²) < 4.78 is 5.23. The van der Waals surface area contributed by atoms with Gasteiger partial charge in [0.2, 0.25) is 0 Å². The van der Waals surface area contributed by atoms with Crippen LogP contribution in [0.1, 0.15) is 25.5 Å². The van der Waals surface area contributed by atoms with Crippen molar-refractivity contribution in [3.05, 3.63) is 24.2 Å². The molecular formula is C12H22N2O. The van der Waals surface area contributed by atoms with Gasteiger partial charge < -0.3 is 14.6 Å². The zero-order valence-corrected chi connectivity index (χ0v) is 9.83. The third kappa shape index (κ3) is 5.60. The van der Waals surface area contributed by atoms with Crippen molar-refractivity contribution in [2.24, 2.45) is 0 Å². The van der Waals surface area contributed by atoms with Gasteiger partial charge in [-0.2, -0.15) is 0 Å². The summed E-state index contributed by atoms with van der Waals surface area (Å²) in [5.74, 6) is 1.01. The number of nitrogens with one attached hydrogen (secondary N) is 1. The van der Waals surface area contributed by atoms with Crippen LogP contribution < -0.4 is 5.32 Å². The molecule has 0 saturated carbocycles. The predicted octanol–water partition coefficient (Wildman–Crippen LogP) is 2.10. The molecule has 0 aromatic carbocycles. The fourth-order valence-corrected chi connectivity index (χ4v) is 1.43. The molecule has 86 valence electrons. The lowest BCUT2D eigenvalue weighted by Crippen LogP contribution is -2.29. The molecule has 0 saturated heterocycles. The van der Waals surface area contributed by atoms with Crippen molar-refractivity contribution in [2.75, 3.05) is 26.7 Å². The van der Waals surface area contributed by atoms with Crippen LogP contribution in [0.3, 0.4) is 0 Å². The number of hydrogen-bond acceptors (Lipinski definition) is 3. The molecule has 0 fully saturated rings. The molecule has 0 radical (unpaired) electrons. The van der Waals surface area contributed by atoms with Gasteiger partial charge in [-0.05, 0) is 32.1 Å². The van der Waals surface area contributed by atoms with Gasteiger partial charge in [0.05, 0.1) is 12.8 Å². The van der Waals surface area contributed by atoms with Crippen molar-refractivity contribution in [3.8, 4) is 0 Å². The zero-order chi connectivity index (χ0) is 10.9. The van der Waals surface area contributed by atoms with Crippen molar-refractivity contribution in [1.29, 1.82) is 0 Å². The van der Waals surface area contributed by atoms with Crippen LogP contribution in [0.2, 0.25) is 0 Å². The number of hydrogen-bond donors (Lipinski definition) is 1. The zero-order valence-electron chi connectivity index (χ0n) is 9.83. The molecule has 0 aliphatic heterocycles. The van der Waals surface area contributed by atoms with Crippen LogP contribution >= 0.6 is 0 Å². The number of rotatable bonds is 8. The minimum absolute atomic E-state index is 0.828. The summed E-state index contributed by atoms with van der Waals surface area (Å²) in [6, 6.07) is 3.91. The Morgan fingerprint density at radius 2 is 2.27 bits per heavy atom. The fraction of sp³-hybridized carbons (Fsp3) is 0.667. The Morgan fingerprint density at radius 1 is 1.40 bits per heavy atom. The molecule has 0 amide bonds. The summed E-state index contributed by atoms with van der Waals surface area (Å²) in [4.78, 5) is 2.36. The van der Waals surface area contributed by atoms with Crippen LogP contribution in [-0.4, -0.2) is 31.6 Å². The van der Waals surface area contributed by atoms with E-state index in [-0.39, 0.29) is 0 Å². The van der Waals surface area contributed by atoms with Gasteiger partial charge in [-0.3, -0.25) is 0 Å². The van der Waals surface area contributed by atoms with E-state index in [1.54, 1.807) is 6.26 Å². The minimum atomic E-state index is 0.828. The third-order valence-corrected chi connectivity index (χ3v) is 2.44. The molecule has 0 atom stereocenters. The maximum atomic E-state index is 5.23. The second-order valence-corrected chi connectivity index (χ2v) is 3.91. The molecule has 0 spiro atoms. The summed E-state index contributed by atoms with van der Waals surface area (Å²) in [7, 11) is 2.17. The van der Waals surface area contributed by atoms with Crippen molar-refractivity contribution < 1.29 is 4.42 Å². The maximum absolute atomic E-state index is 5.23. The second kappa shape index (κ2) is 7.49. The second-order valence-electron chi connectivity index (χ2n) is 3.91. The highest BCUT2D eigenvalue weighted by Gasteiger charge is 1.97. The summed E-state index contributed by atoms with van der Waals surface area (Å²) in [5.41, 5.74) is 0. The standard InChI is InChI=1S/C12H22N2O/c1-3-4-8-14(2)9-7-13-11-12-6-5-10-15-12/h5-6,10,13H,3-4,7-9,11H2,1-2H3. The van der Waals surface area contributed by atoms with Gasteiger partial charge >= 0.3 is 0 Å². The van der Waals surface area contributed by atoms with E-state index in [0.29, 0.717) is 0 Å². The first-order valence-corrected chi connectivity index (χ1v) is 5.74. The minimum Gasteiger partial charge on any atom is -0.468 e.